The number of hydrogen-bond donors (Lipinski definition) is 2. The Hall–Kier alpha value is -4.37. The number of amides is 1. The minimum atomic E-state index is -0.343. The van der Waals surface area contributed by atoms with E-state index in [4.69, 9.17) is 10.00 Å². The van der Waals surface area contributed by atoms with Crippen molar-refractivity contribution < 1.29 is 9.53 Å². The van der Waals surface area contributed by atoms with Crippen LogP contribution in [0, 0.1) is 18.3 Å². The van der Waals surface area contributed by atoms with Crippen molar-refractivity contribution in [3.8, 4) is 22.9 Å². The molecule has 0 aliphatic rings. The van der Waals surface area contributed by atoms with Gasteiger partial charge in [-0.1, -0.05) is 42.5 Å². The largest absolute Gasteiger partial charge is 0.484 e. The van der Waals surface area contributed by atoms with Crippen molar-refractivity contribution in [3.05, 3.63) is 89.6 Å². The van der Waals surface area contributed by atoms with E-state index < -0.39 is 0 Å². The molecule has 6 heteroatoms. The van der Waals surface area contributed by atoms with Crippen molar-refractivity contribution in [1.29, 1.82) is 5.26 Å². The zero-order valence-electron chi connectivity index (χ0n) is 16.9. The Morgan fingerprint density at radius 3 is 2.45 bits per heavy atom. The van der Waals surface area contributed by atoms with Gasteiger partial charge in [-0.05, 0) is 48.4 Å². The fourth-order valence-electron chi connectivity index (χ4n) is 3.30. The van der Waals surface area contributed by atoms with Crippen LogP contribution in [-0.4, -0.2) is 23.7 Å². The van der Waals surface area contributed by atoms with Crippen molar-refractivity contribution in [2.45, 2.75) is 6.92 Å². The lowest BCUT2D eigenvalue weighted by Crippen LogP contribution is -2.24. The van der Waals surface area contributed by atoms with E-state index in [1.54, 1.807) is 30.5 Å². The van der Waals surface area contributed by atoms with E-state index >= 15 is 0 Å². The van der Waals surface area contributed by atoms with Gasteiger partial charge in [0.1, 0.15) is 5.75 Å². The Morgan fingerprint density at radius 2 is 1.74 bits per heavy atom. The normalized spacial score (nSPS) is 10.8. The number of hydrazone groups is 1. The maximum atomic E-state index is 12.1. The first-order chi connectivity index (χ1) is 15.1. The second-order valence-corrected chi connectivity index (χ2v) is 7.00. The van der Waals surface area contributed by atoms with Gasteiger partial charge in [0.15, 0.2) is 6.61 Å². The van der Waals surface area contributed by atoms with Crippen LogP contribution < -0.4 is 10.2 Å². The monoisotopic (exact) mass is 408 g/mol. The molecule has 0 saturated heterocycles. The van der Waals surface area contributed by atoms with Crippen molar-refractivity contribution in [3.63, 3.8) is 0 Å². The Balaban J connectivity index is 1.32. The summed E-state index contributed by atoms with van der Waals surface area (Å²) in [7, 11) is 0. The summed E-state index contributed by atoms with van der Waals surface area (Å²) in [4.78, 5) is 15.3. The molecule has 0 fully saturated rings. The number of para-hydroxylation sites is 1. The molecule has 3 aromatic carbocycles. The predicted octanol–water partition coefficient (Wildman–Crippen LogP) is 4.54. The van der Waals surface area contributed by atoms with Gasteiger partial charge in [-0.2, -0.15) is 10.4 Å². The summed E-state index contributed by atoms with van der Waals surface area (Å²) in [6, 6.07) is 24.8. The van der Waals surface area contributed by atoms with Crippen molar-refractivity contribution in [1.82, 2.24) is 10.4 Å². The molecule has 0 spiro atoms. The van der Waals surface area contributed by atoms with E-state index in [9.17, 15) is 4.79 Å². The number of rotatable bonds is 6. The summed E-state index contributed by atoms with van der Waals surface area (Å²) in [5, 5.41) is 14.0. The minimum Gasteiger partial charge on any atom is -0.484 e. The standard InChI is InChI=1S/C25H20N4O2/c1-17-23(22-4-2-3-5-24(22)28-17)15-27-29-25(30)16-31-21-12-10-20(11-13-21)19-8-6-18(14-26)7-9-19/h2-13,15,28H,16H2,1H3,(H,29,30)/b27-15+. The van der Waals surface area contributed by atoms with Gasteiger partial charge in [-0.3, -0.25) is 4.79 Å². The zero-order chi connectivity index (χ0) is 21.6. The van der Waals surface area contributed by atoms with E-state index in [-0.39, 0.29) is 12.5 Å². The number of hydrogen-bond acceptors (Lipinski definition) is 4. The molecule has 0 radical (unpaired) electrons. The number of carbonyl (C=O) groups excluding carboxylic acids is 1. The molecule has 0 unspecified atom stereocenters. The first kappa shape index (κ1) is 19.9. The fraction of sp³-hybridized carbons (Fsp3) is 0.0800. The molecular weight excluding hydrogens is 388 g/mol. The molecule has 0 aliphatic carbocycles. The highest BCUT2D eigenvalue weighted by molar-refractivity contribution is 6.00. The Morgan fingerprint density at radius 1 is 1.06 bits per heavy atom. The van der Waals surface area contributed by atoms with Gasteiger partial charge in [-0.15, -0.1) is 0 Å². The molecule has 31 heavy (non-hydrogen) atoms. The van der Waals surface area contributed by atoms with Crippen LogP contribution in [0.2, 0.25) is 0 Å². The molecule has 4 aromatic rings. The number of H-pyrrole nitrogens is 1. The smallest absolute Gasteiger partial charge is 0.277 e. The quantitative estimate of drug-likeness (QED) is 0.362. The third-order valence-electron chi connectivity index (χ3n) is 4.90. The van der Waals surface area contributed by atoms with Crippen LogP contribution in [0.15, 0.2) is 77.9 Å². The van der Waals surface area contributed by atoms with Crippen LogP contribution >= 0.6 is 0 Å². The lowest BCUT2D eigenvalue weighted by Gasteiger charge is -2.07. The molecule has 0 bridgehead atoms. The third kappa shape index (κ3) is 4.62. The number of carbonyl (C=O) groups is 1. The van der Waals surface area contributed by atoms with E-state index in [0.717, 1.165) is 33.3 Å². The molecule has 6 nitrogen and oxygen atoms in total. The van der Waals surface area contributed by atoms with E-state index in [1.165, 1.54) is 0 Å². The number of aromatic amines is 1. The summed E-state index contributed by atoms with van der Waals surface area (Å²) < 4.78 is 5.54. The van der Waals surface area contributed by atoms with Gasteiger partial charge in [0.2, 0.25) is 0 Å². The van der Waals surface area contributed by atoms with Gasteiger partial charge < -0.3 is 9.72 Å². The topological polar surface area (TPSA) is 90.3 Å². The fourth-order valence-corrected chi connectivity index (χ4v) is 3.30. The predicted molar refractivity (Wildman–Crippen MR) is 121 cm³/mol. The summed E-state index contributed by atoms with van der Waals surface area (Å²) >= 11 is 0. The summed E-state index contributed by atoms with van der Waals surface area (Å²) in [6.07, 6.45) is 1.64. The maximum Gasteiger partial charge on any atom is 0.277 e. The molecule has 0 saturated carbocycles. The number of aryl methyl sites for hydroxylation is 1. The van der Waals surface area contributed by atoms with Crippen molar-refractivity contribution in [2.24, 2.45) is 5.10 Å². The van der Waals surface area contributed by atoms with Gasteiger partial charge in [0.05, 0.1) is 17.8 Å². The minimum absolute atomic E-state index is 0.138. The van der Waals surface area contributed by atoms with Crippen molar-refractivity contribution in [2.75, 3.05) is 6.61 Å². The van der Waals surface area contributed by atoms with Gasteiger partial charge in [0, 0.05) is 22.2 Å². The number of ether oxygens (including phenoxy) is 1. The Bertz CT molecular complexity index is 1280. The lowest BCUT2D eigenvalue weighted by atomic mass is 10.0. The van der Waals surface area contributed by atoms with Crippen LogP contribution in [0.5, 0.6) is 5.75 Å². The highest BCUT2D eigenvalue weighted by Crippen LogP contribution is 2.23. The zero-order valence-corrected chi connectivity index (χ0v) is 16.9. The number of benzene rings is 3. The van der Waals surface area contributed by atoms with E-state index in [1.807, 2.05) is 55.5 Å². The number of nitrogens with zero attached hydrogens (tertiary/aromatic N) is 2. The van der Waals surface area contributed by atoms with Crippen LogP contribution in [0.1, 0.15) is 16.8 Å². The molecule has 4 rings (SSSR count). The molecule has 2 N–H and O–H groups in total. The van der Waals surface area contributed by atoms with Crippen LogP contribution in [0.25, 0.3) is 22.0 Å². The third-order valence-corrected chi connectivity index (χ3v) is 4.90. The average Bonchev–Trinajstić information content (AvgIpc) is 3.13. The molecule has 1 aromatic heterocycles. The van der Waals surface area contributed by atoms with Gasteiger partial charge in [0.25, 0.3) is 5.91 Å². The van der Waals surface area contributed by atoms with Crippen LogP contribution in [-0.2, 0) is 4.79 Å². The number of nitrogens with one attached hydrogen (secondary N) is 2. The second-order valence-electron chi connectivity index (χ2n) is 7.00. The Labute approximate surface area is 179 Å². The van der Waals surface area contributed by atoms with Crippen molar-refractivity contribution >= 4 is 23.0 Å². The molecule has 1 amide bonds. The van der Waals surface area contributed by atoms with E-state index in [0.29, 0.717) is 11.3 Å². The number of nitriles is 1. The summed E-state index contributed by atoms with van der Waals surface area (Å²) in [5.41, 5.74) is 8.08. The maximum absolute atomic E-state index is 12.1. The average molecular weight is 408 g/mol. The molecular formula is C25H20N4O2. The SMILES string of the molecule is Cc1[nH]c2ccccc2c1/C=N/NC(=O)COc1ccc(-c2ccc(C#N)cc2)cc1. The first-order valence-corrected chi connectivity index (χ1v) is 9.76. The molecule has 1 heterocycles. The summed E-state index contributed by atoms with van der Waals surface area (Å²) in [6.45, 7) is 1.83. The molecule has 0 atom stereocenters. The Kier molecular flexibility index (Phi) is 5.77. The lowest BCUT2D eigenvalue weighted by molar-refractivity contribution is -0.123. The van der Waals surface area contributed by atoms with E-state index in [2.05, 4.69) is 21.6 Å². The first-order valence-electron chi connectivity index (χ1n) is 9.76. The second kappa shape index (κ2) is 8.97. The van der Waals surface area contributed by atoms with Gasteiger partial charge in [-0.25, -0.2) is 5.43 Å². The number of aromatic nitrogens is 1. The van der Waals surface area contributed by atoms with Crippen LogP contribution in [0.4, 0.5) is 0 Å². The molecule has 0 aliphatic heterocycles. The summed E-state index contributed by atoms with van der Waals surface area (Å²) in [5.74, 6) is 0.244. The number of fused-ring (bicyclic) bond motifs is 1. The van der Waals surface area contributed by atoms with Crippen LogP contribution in [0.3, 0.4) is 0 Å². The van der Waals surface area contributed by atoms with Gasteiger partial charge >= 0.3 is 0 Å². The highest BCUT2D eigenvalue weighted by atomic mass is 16.5. The molecule has 152 valence electrons. The highest BCUT2D eigenvalue weighted by Gasteiger charge is 2.06.